The second-order valence-electron chi connectivity index (χ2n) is 5.00. The Morgan fingerprint density at radius 1 is 1.10 bits per heavy atom. The summed E-state index contributed by atoms with van der Waals surface area (Å²) in [5, 5.41) is 0. The van der Waals surface area contributed by atoms with E-state index < -0.39 is 0 Å². The van der Waals surface area contributed by atoms with Crippen LogP contribution < -0.4 is 4.74 Å². The van der Waals surface area contributed by atoms with Gasteiger partial charge in [0, 0.05) is 19.7 Å². The van der Waals surface area contributed by atoms with Gasteiger partial charge in [0.25, 0.3) is 0 Å². The molecule has 0 bridgehead atoms. The third kappa shape index (κ3) is 3.81. The van der Waals surface area contributed by atoms with Crippen molar-refractivity contribution in [1.29, 1.82) is 0 Å². The first-order valence-electron chi connectivity index (χ1n) is 6.56. The summed E-state index contributed by atoms with van der Waals surface area (Å²) in [6.07, 6.45) is 0. The lowest BCUT2D eigenvalue weighted by atomic mass is 10.1. The van der Waals surface area contributed by atoms with Gasteiger partial charge in [0.05, 0.1) is 0 Å². The minimum Gasteiger partial charge on any atom is -0.489 e. The van der Waals surface area contributed by atoms with Gasteiger partial charge >= 0.3 is 0 Å². The van der Waals surface area contributed by atoms with Crippen molar-refractivity contribution in [3.8, 4) is 5.75 Å². The second-order valence-corrected chi connectivity index (χ2v) is 5.39. The van der Waals surface area contributed by atoms with Crippen LogP contribution in [0.15, 0.2) is 48.5 Å². The van der Waals surface area contributed by atoms with Crippen LogP contribution in [-0.2, 0) is 6.61 Å². The zero-order valence-corrected chi connectivity index (χ0v) is 12.9. The van der Waals surface area contributed by atoms with Gasteiger partial charge in [0.15, 0.2) is 0 Å². The summed E-state index contributed by atoms with van der Waals surface area (Å²) < 4.78 is 5.82. The van der Waals surface area contributed by atoms with Gasteiger partial charge in [-0.15, -0.1) is 0 Å². The van der Waals surface area contributed by atoms with E-state index in [-0.39, 0.29) is 0 Å². The predicted molar refractivity (Wildman–Crippen MR) is 87.3 cm³/mol. The van der Waals surface area contributed by atoms with Crippen LogP contribution in [0, 0.1) is 6.92 Å². The highest BCUT2D eigenvalue weighted by Crippen LogP contribution is 2.16. The van der Waals surface area contributed by atoms with E-state index in [1.54, 1.807) is 0 Å². The molecule has 2 rings (SSSR count). The summed E-state index contributed by atoms with van der Waals surface area (Å²) in [5.74, 6) is 0.840. The van der Waals surface area contributed by atoms with Crippen molar-refractivity contribution in [2.45, 2.75) is 13.5 Å². The highest BCUT2D eigenvalue weighted by Gasteiger charge is 2.04. The minimum absolute atomic E-state index is 0.568. The SMILES string of the molecule is Cc1ccc(COc2cccc(C(=S)N(C)C)c2)cc1. The number of ether oxygens (including phenoxy) is 1. The molecule has 0 fully saturated rings. The number of nitrogens with zero attached hydrogens (tertiary/aromatic N) is 1. The van der Waals surface area contributed by atoms with Crippen molar-refractivity contribution in [3.63, 3.8) is 0 Å². The molecule has 0 heterocycles. The Kier molecular flexibility index (Phi) is 4.74. The summed E-state index contributed by atoms with van der Waals surface area (Å²) in [7, 11) is 3.89. The Labute approximate surface area is 126 Å². The molecule has 2 nitrogen and oxygen atoms in total. The van der Waals surface area contributed by atoms with Crippen molar-refractivity contribution >= 4 is 17.2 Å². The highest BCUT2D eigenvalue weighted by molar-refractivity contribution is 7.80. The van der Waals surface area contributed by atoms with Gasteiger partial charge in [-0.3, -0.25) is 0 Å². The van der Waals surface area contributed by atoms with Gasteiger partial charge in [-0.25, -0.2) is 0 Å². The molecule has 0 atom stereocenters. The molecule has 0 unspecified atom stereocenters. The van der Waals surface area contributed by atoms with Crippen LogP contribution in [0.3, 0.4) is 0 Å². The lowest BCUT2D eigenvalue weighted by molar-refractivity contribution is 0.306. The Bertz CT molecular complexity index is 590. The molecular weight excluding hydrogens is 266 g/mol. The maximum atomic E-state index is 5.82. The zero-order valence-electron chi connectivity index (χ0n) is 12.1. The van der Waals surface area contributed by atoms with E-state index in [0.29, 0.717) is 6.61 Å². The first kappa shape index (κ1) is 14.5. The van der Waals surface area contributed by atoms with Crippen molar-refractivity contribution in [2.75, 3.05) is 14.1 Å². The van der Waals surface area contributed by atoms with Crippen LogP contribution in [0.5, 0.6) is 5.75 Å². The standard InChI is InChI=1S/C17H19NOS/c1-13-7-9-14(10-8-13)12-19-16-6-4-5-15(11-16)17(20)18(2)3/h4-11H,12H2,1-3H3. The molecule has 0 radical (unpaired) electrons. The van der Waals surface area contributed by atoms with Crippen LogP contribution in [0.2, 0.25) is 0 Å². The number of hydrogen-bond acceptors (Lipinski definition) is 2. The lowest BCUT2D eigenvalue weighted by Crippen LogP contribution is -2.20. The summed E-state index contributed by atoms with van der Waals surface area (Å²) in [6.45, 7) is 2.65. The van der Waals surface area contributed by atoms with Crippen molar-refractivity contribution in [1.82, 2.24) is 4.90 Å². The van der Waals surface area contributed by atoms with Gasteiger partial charge in [-0.05, 0) is 24.6 Å². The molecular formula is C17H19NOS. The van der Waals surface area contributed by atoms with E-state index in [1.165, 1.54) is 5.56 Å². The molecule has 0 aliphatic rings. The monoisotopic (exact) mass is 285 g/mol. The Balaban J connectivity index is 2.05. The predicted octanol–water partition coefficient (Wildman–Crippen LogP) is 3.81. The Hall–Kier alpha value is -1.87. The van der Waals surface area contributed by atoms with Crippen molar-refractivity contribution in [3.05, 3.63) is 65.2 Å². The van der Waals surface area contributed by atoms with Crippen LogP contribution >= 0.6 is 12.2 Å². The molecule has 0 spiro atoms. The average molecular weight is 285 g/mol. The van der Waals surface area contributed by atoms with Crippen molar-refractivity contribution in [2.24, 2.45) is 0 Å². The number of aryl methyl sites for hydroxylation is 1. The van der Waals surface area contributed by atoms with Gasteiger partial charge < -0.3 is 9.64 Å². The quantitative estimate of drug-likeness (QED) is 0.793. The zero-order chi connectivity index (χ0) is 14.5. The molecule has 0 amide bonds. The largest absolute Gasteiger partial charge is 0.489 e. The Morgan fingerprint density at radius 3 is 2.45 bits per heavy atom. The molecule has 20 heavy (non-hydrogen) atoms. The number of hydrogen-bond donors (Lipinski definition) is 0. The van der Waals surface area contributed by atoms with Gasteiger partial charge in [0.2, 0.25) is 0 Å². The molecule has 0 saturated heterocycles. The topological polar surface area (TPSA) is 12.5 Å². The summed E-state index contributed by atoms with van der Waals surface area (Å²) in [4.78, 5) is 2.74. The molecule has 3 heteroatoms. The third-order valence-electron chi connectivity index (χ3n) is 3.01. The van der Waals surface area contributed by atoms with E-state index in [9.17, 15) is 0 Å². The van der Waals surface area contributed by atoms with E-state index in [0.717, 1.165) is 21.9 Å². The molecule has 2 aromatic carbocycles. The minimum atomic E-state index is 0.568. The van der Waals surface area contributed by atoms with Crippen molar-refractivity contribution < 1.29 is 4.74 Å². The van der Waals surface area contributed by atoms with Gasteiger partial charge in [-0.1, -0.05) is 54.2 Å². The van der Waals surface area contributed by atoms with Gasteiger partial charge in [0.1, 0.15) is 17.3 Å². The number of thiocarbonyl (C=S) groups is 1. The number of rotatable bonds is 4. The molecule has 2 aromatic rings. The fourth-order valence-electron chi connectivity index (χ4n) is 1.83. The second kappa shape index (κ2) is 6.53. The maximum Gasteiger partial charge on any atom is 0.120 e. The van der Waals surface area contributed by atoms with E-state index in [2.05, 4.69) is 31.2 Å². The normalized spacial score (nSPS) is 10.2. The smallest absolute Gasteiger partial charge is 0.120 e. The first-order chi connectivity index (χ1) is 9.56. The number of benzene rings is 2. The van der Waals surface area contributed by atoms with E-state index in [1.807, 2.05) is 43.3 Å². The van der Waals surface area contributed by atoms with Crippen LogP contribution in [-0.4, -0.2) is 24.0 Å². The van der Waals surface area contributed by atoms with Crippen LogP contribution in [0.1, 0.15) is 16.7 Å². The molecule has 0 aromatic heterocycles. The molecule has 0 N–H and O–H groups in total. The fraction of sp³-hybridized carbons (Fsp3) is 0.235. The molecule has 0 saturated carbocycles. The van der Waals surface area contributed by atoms with E-state index >= 15 is 0 Å². The average Bonchev–Trinajstić information content (AvgIpc) is 2.46. The lowest BCUT2D eigenvalue weighted by Gasteiger charge is -2.14. The maximum absolute atomic E-state index is 5.82. The Morgan fingerprint density at radius 2 is 1.80 bits per heavy atom. The highest BCUT2D eigenvalue weighted by atomic mass is 32.1. The first-order valence-corrected chi connectivity index (χ1v) is 6.97. The fourth-order valence-corrected chi connectivity index (χ4v) is 1.96. The summed E-state index contributed by atoms with van der Waals surface area (Å²) in [6, 6.07) is 16.3. The molecule has 0 aliphatic heterocycles. The molecule has 104 valence electrons. The van der Waals surface area contributed by atoms with E-state index in [4.69, 9.17) is 17.0 Å². The van der Waals surface area contributed by atoms with Crippen LogP contribution in [0.25, 0.3) is 0 Å². The summed E-state index contributed by atoms with van der Waals surface area (Å²) >= 11 is 5.37. The van der Waals surface area contributed by atoms with Gasteiger partial charge in [-0.2, -0.15) is 0 Å². The van der Waals surface area contributed by atoms with Crippen LogP contribution in [0.4, 0.5) is 0 Å². The third-order valence-corrected chi connectivity index (χ3v) is 3.61. The molecule has 0 aliphatic carbocycles. The summed E-state index contributed by atoms with van der Waals surface area (Å²) in [5.41, 5.74) is 3.43.